The summed E-state index contributed by atoms with van der Waals surface area (Å²) in [4.78, 5) is 15.5. The molecule has 1 aliphatic heterocycles. The number of anilines is 1. The Morgan fingerprint density at radius 1 is 0.929 bits per heavy atom. The summed E-state index contributed by atoms with van der Waals surface area (Å²) >= 11 is 0. The number of carbonyl (C=O) groups is 1. The van der Waals surface area contributed by atoms with Crippen LogP contribution in [0.1, 0.15) is 36.0 Å². The van der Waals surface area contributed by atoms with Crippen molar-refractivity contribution < 1.29 is 13.6 Å². The van der Waals surface area contributed by atoms with Gasteiger partial charge in [-0.25, -0.2) is 8.78 Å². The number of hydrogen-bond donors (Lipinski definition) is 0. The zero-order valence-electron chi connectivity index (χ0n) is 15.7. The van der Waals surface area contributed by atoms with Crippen LogP contribution in [0, 0.1) is 11.6 Å². The van der Waals surface area contributed by atoms with E-state index in [-0.39, 0.29) is 18.1 Å². The molecule has 4 rings (SSSR count). The second-order valence-electron chi connectivity index (χ2n) is 7.45. The van der Waals surface area contributed by atoms with Crippen molar-refractivity contribution in [1.29, 1.82) is 0 Å². The first-order valence-corrected chi connectivity index (χ1v) is 9.70. The molecule has 2 fully saturated rings. The van der Waals surface area contributed by atoms with Gasteiger partial charge in [0, 0.05) is 37.8 Å². The van der Waals surface area contributed by atoms with E-state index >= 15 is 0 Å². The number of rotatable bonds is 4. The van der Waals surface area contributed by atoms with Crippen LogP contribution in [0.3, 0.4) is 0 Å². The average molecular weight is 407 g/mol. The van der Waals surface area contributed by atoms with Crippen LogP contribution >= 0.6 is 12.4 Å². The number of benzene rings is 2. The van der Waals surface area contributed by atoms with Crippen LogP contribution in [-0.2, 0) is 0 Å². The molecule has 6 heteroatoms. The van der Waals surface area contributed by atoms with Crippen LogP contribution in [0.4, 0.5) is 14.5 Å². The zero-order chi connectivity index (χ0) is 18.8. The third-order valence-electron chi connectivity index (χ3n) is 5.89. The van der Waals surface area contributed by atoms with Crippen molar-refractivity contribution in [2.24, 2.45) is 0 Å². The molecule has 0 atom stereocenters. The van der Waals surface area contributed by atoms with Gasteiger partial charge in [0.25, 0.3) is 0 Å². The Kier molecular flexibility index (Phi) is 6.68. The summed E-state index contributed by atoms with van der Waals surface area (Å²) in [6.07, 6.45) is 5.78. The first-order chi connectivity index (χ1) is 13.2. The van der Waals surface area contributed by atoms with E-state index in [9.17, 15) is 13.6 Å². The highest BCUT2D eigenvalue weighted by atomic mass is 35.5. The predicted molar refractivity (Wildman–Crippen MR) is 110 cm³/mol. The van der Waals surface area contributed by atoms with Crippen LogP contribution in [0.2, 0.25) is 0 Å². The van der Waals surface area contributed by atoms with E-state index < -0.39 is 11.6 Å². The van der Waals surface area contributed by atoms with Crippen LogP contribution < -0.4 is 4.90 Å². The molecule has 0 radical (unpaired) electrons. The van der Waals surface area contributed by atoms with Crippen LogP contribution in [-0.4, -0.2) is 43.4 Å². The second-order valence-corrected chi connectivity index (χ2v) is 7.45. The number of halogens is 3. The molecule has 3 nitrogen and oxygen atoms in total. The summed E-state index contributed by atoms with van der Waals surface area (Å²) in [7, 11) is 0. The summed E-state index contributed by atoms with van der Waals surface area (Å²) in [6.45, 7) is 2.96. The Morgan fingerprint density at radius 3 is 2.14 bits per heavy atom. The molecule has 1 aliphatic carbocycles. The summed E-state index contributed by atoms with van der Waals surface area (Å²) in [6, 6.07) is 10.2. The topological polar surface area (TPSA) is 23.6 Å². The molecule has 150 valence electrons. The Labute approximate surface area is 170 Å². The van der Waals surface area contributed by atoms with E-state index in [4.69, 9.17) is 0 Å². The first-order valence-electron chi connectivity index (χ1n) is 9.70. The van der Waals surface area contributed by atoms with Crippen molar-refractivity contribution in [2.45, 2.75) is 31.7 Å². The van der Waals surface area contributed by atoms with Gasteiger partial charge in [0.15, 0.2) is 6.29 Å². The fourth-order valence-electron chi connectivity index (χ4n) is 4.47. The molecule has 1 heterocycles. The lowest BCUT2D eigenvalue weighted by Gasteiger charge is -2.39. The SMILES string of the molecule is Cl.O=Cc1ccccc1-c1cc(F)c(N2CCN(C3CCCC3)CC2)c(F)c1. The molecule has 0 unspecified atom stereocenters. The van der Waals surface area contributed by atoms with Gasteiger partial charge in [0.1, 0.15) is 17.3 Å². The highest BCUT2D eigenvalue weighted by molar-refractivity contribution is 5.87. The number of piperazine rings is 1. The largest absolute Gasteiger partial charge is 0.364 e. The van der Waals surface area contributed by atoms with Gasteiger partial charge in [-0.15, -0.1) is 12.4 Å². The van der Waals surface area contributed by atoms with Gasteiger partial charge in [-0.3, -0.25) is 9.69 Å². The normalized spacial score (nSPS) is 18.1. The minimum absolute atomic E-state index is 0. The highest BCUT2D eigenvalue weighted by Crippen LogP contribution is 2.32. The number of carbonyl (C=O) groups excluding carboxylic acids is 1. The summed E-state index contributed by atoms with van der Waals surface area (Å²) in [5.74, 6) is -1.14. The smallest absolute Gasteiger partial charge is 0.150 e. The van der Waals surface area contributed by atoms with Crippen molar-refractivity contribution in [3.8, 4) is 11.1 Å². The van der Waals surface area contributed by atoms with Crippen LogP contribution in [0.5, 0.6) is 0 Å². The van der Waals surface area contributed by atoms with Gasteiger partial charge in [-0.2, -0.15) is 0 Å². The molecule has 2 aliphatic rings. The fraction of sp³-hybridized carbons (Fsp3) is 0.409. The summed E-state index contributed by atoms with van der Waals surface area (Å²) in [5.41, 5.74) is 1.41. The maximum absolute atomic E-state index is 14.8. The Bertz CT molecular complexity index is 808. The van der Waals surface area contributed by atoms with E-state index in [2.05, 4.69) is 4.90 Å². The van der Waals surface area contributed by atoms with Crippen LogP contribution in [0.15, 0.2) is 36.4 Å². The molecule has 1 saturated carbocycles. The molecular weight excluding hydrogens is 382 g/mol. The number of nitrogens with zero attached hydrogens (tertiary/aromatic N) is 2. The molecule has 0 N–H and O–H groups in total. The van der Waals surface area contributed by atoms with Gasteiger partial charge < -0.3 is 4.90 Å². The highest BCUT2D eigenvalue weighted by Gasteiger charge is 2.28. The monoisotopic (exact) mass is 406 g/mol. The minimum atomic E-state index is -0.569. The summed E-state index contributed by atoms with van der Waals surface area (Å²) in [5, 5.41) is 0. The standard InChI is InChI=1S/C22H24F2N2O.ClH/c23-20-13-17(19-8-4-1-5-16(19)15-27)14-21(24)22(20)26-11-9-25(10-12-26)18-6-2-3-7-18;/h1,4-5,8,13-15,18H,2-3,6-7,9-12H2;1H. The predicted octanol–water partition coefficient (Wildman–Crippen LogP) is 4.93. The van der Waals surface area contributed by atoms with Gasteiger partial charge >= 0.3 is 0 Å². The molecule has 0 bridgehead atoms. The van der Waals surface area contributed by atoms with E-state index in [1.807, 2.05) is 4.90 Å². The van der Waals surface area contributed by atoms with Crippen molar-refractivity contribution in [2.75, 3.05) is 31.1 Å². The molecular formula is C22H25ClF2N2O. The summed E-state index contributed by atoms with van der Waals surface area (Å²) < 4.78 is 29.7. The van der Waals surface area contributed by atoms with Crippen molar-refractivity contribution in [1.82, 2.24) is 4.90 Å². The third kappa shape index (κ3) is 4.06. The maximum Gasteiger partial charge on any atom is 0.150 e. The van der Waals surface area contributed by atoms with Gasteiger partial charge in [0.2, 0.25) is 0 Å². The number of hydrogen-bond acceptors (Lipinski definition) is 3. The average Bonchev–Trinajstić information content (AvgIpc) is 3.23. The zero-order valence-corrected chi connectivity index (χ0v) is 16.6. The Hall–Kier alpha value is -1.98. The van der Waals surface area contributed by atoms with Crippen molar-refractivity contribution in [3.63, 3.8) is 0 Å². The first kappa shape index (κ1) is 20.7. The van der Waals surface area contributed by atoms with Gasteiger partial charge in [0.05, 0.1) is 0 Å². The van der Waals surface area contributed by atoms with E-state index in [0.717, 1.165) is 13.1 Å². The molecule has 0 amide bonds. The van der Waals surface area contributed by atoms with Crippen LogP contribution in [0.25, 0.3) is 11.1 Å². The second kappa shape index (κ2) is 9.01. The lowest BCUT2D eigenvalue weighted by molar-refractivity contribution is 0.112. The van der Waals surface area contributed by atoms with Crippen molar-refractivity contribution in [3.05, 3.63) is 53.6 Å². The molecule has 1 saturated heterocycles. The minimum Gasteiger partial charge on any atom is -0.364 e. The van der Waals surface area contributed by atoms with E-state index in [1.54, 1.807) is 24.3 Å². The molecule has 0 spiro atoms. The van der Waals surface area contributed by atoms with Gasteiger partial charge in [-0.05, 0) is 36.1 Å². The molecule has 0 aromatic heterocycles. The van der Waals surface area contributed by atoms with E-state index in [0.29, 0.717) is 42.1 Å². The number of aldehydes is 1. The lowest BCUT2D eigenvalue weighted by atomic mass is 9.99. The third-order valence-corrected chi connectivity index (χ3v) is 5.89. The van der Waals surface area contributed by atoms with Crippen molar-refractivity contribution >= 4 is 24.4 Å². The maximum atomic E-state index is 14.8. The fourth-order valence-corrected chi connectivity index (χ4v) is 4.47. The Morgan fingerprint density at radius 2 is 1.54 bits per heavy atom. The molecule has 2 aromatic rings. The molecule has 2 aromatic carbocycles. The quantitative estimate of drug-likeness (QED) is 0.672. The Balaban J connectivity index is 0.00000225. The van der Waals surface area contributed by atoms with E-state index in [1.165, 1.54) is 37.8 Å². The van der Waals surface area contributed by atoms with Gasteiger partial charge in [-0.1, -0.05) is 37.1 Å². The lowest BCUT2D eigenvalue weighted by Crippen LogP contribution is -2.50. The molecule has 28 heavy (non-hydrogen) atoms.